The number of carbonyl (C=O) groups is 9. The van der Waals surface area contributed by atoms with Crippen LogP contribution in [0.5, 0.6) is 0 Å². The van der Waals surface area contributed by atoms with Crippen LogP contribution in [0, 0.1) is 17.3 Å². The summed E-state index contributed by atoms with van der Waals surface area (Å²) in [5.41, 5.74) is -0.795. The second-order valence-electron chi connectivity index (χ2n) is 26.1. The quantitative estimate of drug-likeness (QED) is 0.0199. The fourth-order valence-electron chi connectivity index (χ4n) is 11.2. The Bertz CT molecular complexity index is 2470. The number of nitrogens with zero attached hydrogens (tertiary/aromatic N) is 1. The highest BCUT2D eigenvalue weighted by molar-refractivity contribution is 5.84. The lowest BCUT2D eigenvalue weighted by molar-refractivity contribution is -0.270. The van der Waals surface area contributed by atoms with E-state index in [2.05, 4.69) is 42.5 Å². The third-order valence-corrected chi connectivity index (χ3v) is 17.0. The van der Waals surface area contributed by atoms with E-state index in [1.54, 1.807) is 11.8 Å². The molecule has 0 bridgehead atoms. The summed E-state index contributed by atoms with van der Waals surface area (Å²) in [4.78, 5) is 113. The van der Waals surface area contributed by atoms with Gasteiger partial charge < -0.3 is 136 Å². The molecule has 4 saturated heterocycles. The van der Waals surface area contributed by atoms with Crippen molar-refractivity contribution in [3.05, 3.63) is 0 Å². The predicted octanol–water partition coefficient (Wildman–Crippen LogP) is -6.33. The summed E-state index contributed by atoms with van der Waals surface area (Å²) in [6, 6.07) is -3.21. The SMILES string of the molecule is CC(=O)NC1C(OCCCCC(=O)NCCCNC(=O)CCOCC(C)(COCC(C)C(=O)NCCCNC(=O)CCCCOC2OC(CO)C(O)C(O)C2NC(C)=O)COCC2CN(CCCNC(=O)CCCCOC3OC(CO)C(O)C(O)C3NC(C)=O)C2=O)OC(CO)C(O)C1O. The number of β-lactam (4-membered cyclic amide) rings is 1. The first-order valence-electron chi connectivity index (χ1n) is 34.6. The molecule has 0 spiro atoms. The molecule has 18 unspecified atom stereocenters. The van der Waals surface area contributed by atoms with E-state index in [4.69, 9.17) is 42.6 Å². The molecule has 17 N–H and O–H groups in total. The summed E-state index contributed by atoms with van der Waals surface area (Å²) in [7, 11) is 0. The lowest BCUT2D eigenvalue weighted by Gasteiger charge is -2.42. The Morgan fingerprint density at radius 2 is 0.840 bits per heavy atom. The average molecular weight is 1440 g/mol. The monoisotopic (exact) mass is 1440 g/mol. The van der Waals surface area contributed by atoms with Crippen LogP contribution in [0.4, 0.5) is 0 Å². The smallest absolute Gasteiger partial charge is 0.229 e. The zero-order valence-corrected chi connectivity index (χ0v) is 58.3. The minimum absolute atomic E-state index is 0.0217. The Morgan fingerprint density at radius 1 is 0.480 bits per heavy atom. The van der Waals surface area contributed by atoms with Gasteiger partial charge in [-0.2, -0.15) is 0 Å². The van der Waals surface area contributed by atoms with E-state index in [1.807, 2.05) is 6.92 Å². The van der Waals surface area contributed by atoms with E-state index >= 15 is 0 Å². The largest absolute Gasteiger partial charge is 0.394 e. The van der Waals surface area contributed by atoms with Crippen molar-refractivity contribution in [1.82, 2.24) is 47.4 Å². The fraction of sp³-hybridized carbons (Fsp3) is 0.859. The Morgan fingerprint density at radius 3 is 1.22 bits per heavy atom. The molecule has 100 heavy (non-hydrogen) atoms. The molecule has 576 valence electrons. The molecule has 9 amide bonds. The number of hydrogen-bond acceptors (Lipinski definition) is 27. The number of hydrogen-bond donors (Lipinski definition) is 17. The lowest BCUT2D eigenvalue weighted by Crippen LogP contribution is -2.64. The van der Waals surface area contributed by atoms with E-state index in [9.17, 15) is 89.1 Å². The number of likely N-dealkylation sites (tertiary alicyclic amines) is 1. The summed E-state index contributed by atoms with van der Waals surface area (Å²) in [5, 5.41) is 112. The van der Waals surface area contributed by atoms with E-state index in [0.29, 0.717) is 90.5 Å². The molecule has 36 nitrogen and oxygen atoms in total. The van der Waals surface area contributed by atoms with Crippen LogP contribution < -0.4 is 42.5 Å². The number of aliphatic hydroxyl groups excluding tert-OH is 9. The van der Waals surface area contributed by atoms with Crippen molar-refractivity contribution >= 4 is 53.2 Å². The highest BCUT2D eigenvalue weighted by Crippen LogP contribution is 2.27. The molecule has 4 rings (SSSR count). The van der Waals surface area contributed by atoms with Gasteiger partial charge in [0.05, 0.1) is 71.3 Å². The van der Waals surface area contributed by atoms with Crippen LogP contribution >= 0.6 is 0 Å². The topological polar surface area (TPSA) is 518 Å². The Balaban J connectivity index is 1.13. The number of ether oxygens (including phenoxy) is 9. The minimum Gasteiger partial charge on any atom is -0.394 e. The zero-order chi connectivity index (χ0) is 73.7. The normalized spacial score (nSPS) is 27.6. The molecular weight excluding hydrogens is 1330 g/mol. The Hall–Kier alpha value is -5.49. The van der Waals surface area contributed by atoms with E-state index in [-0.39, 0.29) is 134 Å². The van der Waals surface area contributed by atoms with Crippen molar-refractivity contribution in [2.45, 2.75) is 210 Å². The lowest BCUT2D eigenvalue weighted by atomic mass is 9.93. The molecule has 4 aliphatic rings. The maximum atomic E-state index is 13.1. The molecule has 36 heteroatoms. The molecule has 0 aromatic rings. The van der Waals surface area contributed by atoms with Crippen molar-refractivity contribution < 1.29 is 132 Å². The third-order valence-electron chi connectivity index (χ3n) is 17.0. The van der Waals surface area contributed by atoms with Crippen LogP contribution in [-0.4, -0.2) is 321 Å². The van der Waals surface area contributed by atoms with Gasteiger partial charge in [0.1, 0.15) is 73.1 Å². The molecule has 4 fully saturated rings. The number of aliphatic hydroxyl groups is 9. The van der Waals surface area contributed by atoms with Crippen LogP contribution in [0.3, 0.4) is 0 Å². The average Bonchev–Trinajstić information content (AvgIpc) is 0.838. The van der Waals surface area contributed by atoms with Gasteiger partial charge in [0.15, 0.2) is 18.9 Å². The summed E-state index contributed by atoms with van der Waals surface area (Å²) >= 11 is 0. The van der Waals surface area contributed by atoms with Crippen LogP contribution in [0.25, 0.3) is 0 Å². The van der Waals surface area contributed by atoms with Crippen molar-refractivity contribution in [3.8, 4) is 0 Å². The highest BCUT2D eigenvalue weighted by Gasteiger charge is 2.48. The summed E-state index contributed by atoms with van der Waals surface area (Å²) < 4.78 is 51.9. The molecule has 4 heterocycles. The van der Waals surface area contributed by atoms with Gasteiger partial charge in [-0.25, -0.2) is 0 Å². The van der Waals surface area contributed by atoms with Crippen LogP contribution in [0.15, 0.2) is 0 Å². The van der Waals surface area contributed by atoms with Gasteiger partial charge >= 0.3 is 0 Å². The zero-order valence-electron chi connectivity index (χ0n) is 58.3. The standard InChI is InChI=1S/C64H113N9O27/c1-38(59(90)69-22-13-21-66-47(81)16-7-10-26-96-62-51(71-40(3)78)57(88)54(85)44(31-75)99-62)33-93-36-64(5,35-92-28-18-49(83)67-20-12-19-65-46(80)15-6-9-25-95-61-50(70-39(2)77)56(87)53(84)43(30-74)98-61)37-94-34-42-29-73(60(42)91)24-14-23-68-48(82)17-8-11-27-97-63-52(72-41(4)79)58(89)55(86)45(32-76)100-63/h38,42-45,50-58,61-63,74-76,84-89H,6-37H2,1-5H3,(H,65,80)(H,66,81)(H,67,83)(H,68,82)(H,69,90)(H,70,77)(H,71,78)(H,72,79). The number of unbranched alkanes of at least 4 members (excludes halogenated alkanes) is 3. The fourth-order valence-corrected chi connectivity index (χ4v) is 11.2. The van der Waals surface area contributed by atoms with Crippen LogP contribution in [0.1, 0.15) is 118 Å². The van der Waals surface area contributed by atoms with Crippen LogP contribution in [0.2, 0.25) is 0 Å². The molecule has 18 atom stereocenters. The number of carbonyl (C=O) groups excluding carboxylic acids is 9. The first kappa shape index (κ1) is 86.9. The summed E-state index contributed by atoms with van der Waals surface area (Å²) in [5.74, 6) is -3.70. The van der Waals surface area contributed by atoms with Crippen molar-refractivity contribution in [3.63, 3.8) is 0 Å². The van der Waals surface area contributed by atoms with Gasteiger partial charge in [-0.1, -0.05) is 13.8 Å². The number of amides is 9. The summed E-state index contributed by atoms with van der Waals surface area (Å²) in [6.07, 6.45) is -10.8. The predicted molar refractivity (Wildman–Crippen MR) is 349 cm³/mol. The minimum atomic E-state index is -1.44. The molecule has 0 radical (unpaired) electrons. The molecular formula is C64H113N9O27. The van der Waals surface area contributed by atoms with Gasteiger partial charge in [-0.15, -0.1) is 0 Å². The van der Waals surface area contributed by atoms with Crippen molar-refractivity contribution in [2.24, 2.45) is 17.3 Å². The van der Waals surface area contributed by atoms with Gasteiger partial charge in [-0.05, 0) is 57.8 Å². The molecule has 0 aromatic carbocycles. The van der Waals surface area contributed by atoms with Gasteiger partial charge in [0.25, 0.3) is 0 Å². The maximum Gasteiger partial charge on any atom is 0.229 e. The maximum absolute atomic E-state index is 13.1. The second-order valence-corrected chi connectivity index (χ2v) is 26.1. The molecule has 0 saturated carbocycles. The van der Waals surface area contributed by atoms with E-state index in [1.165, 1.54) is 20.8 Å². The molecule has 0 aromatic heterocycles. The van der Waals surface area contributed by atoms with Gasteiger partial charge in [0.2, 0.25) is 53.2 Å². The Kier molecular flexibility index (Phi) is 40.8. The van der Waals surface area contributed by atoms with Crippen molar-refractivity contribution in [1.29, 1.82) is 0 Å². The second kappa shape index (κ2) is 47.0. The van der Waals surface area contributed by atoms with E-state index in [0.717, 1.165) is 0 Å². The third kappa shape index (κ3) is 31.2. The van der Waals surface area contributed by atoms with Gasteiger partial charge in [0, 0.05) is 118 Å². The highest BCUT2D eigenvalue weighted by atomic mass is 16.7. The first-order chi connectivity index (χ1) is 47.7. The van der Waals surface area contributed by atoms with E-state index < -0.39 is 147 Å². The van der Waals surface area contributed by atoms with Crippen molar-refractivity contribution in [2.75, 3.05) is 125 Å². The molecule has 4 aliphatic heterocycles. The Labute approximate surface area is 582 Å². The number of rotatable bonds is 50. The van der Waals surface area contributed by atoms with Gasteiger partial charge in [-0.3, -0.25) is 43.2 Å². The summed E-state index contributed by atoms with van der Waals surface area (Å²) in [6.45, 7) is 8.65. The first-order valence-corrected chi connectivity index (χ1v) is 34.6. The van der Waals surface area contributed by atoms with Crippen LogP contribution in [-0.2, 0) is 85.8 Å². The number of nitrogens with one attached hydrogen (secondary N) is 8. The molecule has 0 aliphatic carbocycles.